The topological polar surface area (TPSA) is 55.4 Å². The van der Waals surface area contributed by atoms with E-state index in [1.54, 1.807) is 0 Å². The quantitative estimate of drug-likeness (QED) is 0.921. The number of hydrogen-bond acceptors (Lipinski definition) is 4. The van der Waals surface area contributed by atoms with Crippen LogP contribution in [0.1, 0.15) is 32.8 Å². The Morgan fingerprint density at radius 2 is 2.10 bits per heavy atom. The average Bonchev–Trinajstić information content (AvgIpc) is 2.68. The van der Waals surface area contributed by atoms with E-state index < -0.39 is 9.84 Å². The third-order valence-corrected chi connectivity index (χ3v) is 5.34. The highest BCUT2D eigenvalue weighted by molar-refractivity contribution is 7.91. The fourth-order valence-corrected chi connectivity index (χ4v) is 3.99. The van der Waals surface area contributed by atoms with Gasteiger partial charge in [-0.05, 0) is 44.9 Å². The number of hydrogen-bond donors (Lipinski definition) is 1. The van der Waals surface area contributed by atoms with Gasteiger partial charge in [0.05, 0.1) is 16.5 Å². The molecule has 6 heteroatoms. The summed E-state index contributed by atoms with van der Waals surface area (Å²) in [5.41, 5.74) is 1.11. The maximum absolute atomic E-state index is 11.4. The Morgan fingerprint density at radius 3 is 2.62 bits per heavy atom. The molecular formula is C15H22ClNO3S. The largest absolute Gasteiger partial charge is 0.488 e. The van der Waals surface area contributed by atoms with Gasteiger partial charge in [0, 0.05) is 12.1 Å². The van der Waals surface area contributed by atoms with Crippen LogP contribution in [0, 0.1) is 0 Å². The zero-order valence-electron chi connectivity index (χ0n) is 12.6. The Kier molecular flexibility index (Phi) is 4.85. The van der Waals surface area contributed by atoms with Crippen LogP contribution in [0.15, 0.2) is 18.2 Å². The van der Waals surface area contributed by atoms with Crippen molar-refractivity contribution in [2.75, 3.05) is 11.5 Å². The van der Waals surface area contributed by atoms with E-state index in [0.29, 0.717) is 17.2 Å². The molecule has 0 aliphatic carbocycles. The van der Waals surface area contributed by atoms with Crippen LogP contribution >= 0.6 is 11.6 Å². The van der Waals surface area contributed by atoms with E-state index in [-0.39, 0.29) is 23.1 Å². The summed E-state index contributed by atoms with van der Waals surface area (Å²) in [6.07, 6.45) is 0.248. The van der Waals surface area contributed by atoms with Crippen molar-refractivity contribution in [1.82, 2.24) is 5.32 Å². The molecular weight excluding hydrogens is 310 g/mol. The van der Waals surface area contributed by atoms with Crippen molar-refractivity contribution in [1.29, 1.82) is 0 Å². The summed E-state index contributed by atoms with van der Waals surface area (Å²) in [5.74, 6) is 0.831. The van der Waals surface area contributed by atoms with Crippen molar-refractivity contribution in [3.8, 4) is 5.75 Å². The van der Waals surface area contributed by atoms with E-state index in [2.05, 4.69) is 26.1 Å². The molecule has 1 atom stereocenters. The molecule has 2 rings (SSSR count). The molecule has 1 fully saturated rings. The molecule has 1 aliphatic rings. The first-order valence-corrected chi connectivity index (χ1v) is 9.25. The van der Waals surface area contributed by atoms with E-state index in [9.17, 15) is 8.42 Å². The Morgan fingerprint density at radius 1 is 1.38 bits per heavy atom. The van der Waals surface area contributed by atoms with Gasteiger partial charge in [-0.15, -0.1) is 0 Å². The monoisotopic (exact) mass is 331 g/mol. The molecule has 0 bridgehead atoms. The molecule has 1 aromatic carbocycles. The molecule has 0 saturated carbocycles. The molecule has 0 radical (unpaired) electrons. The Balaban J connectivity index is 1.99. The number of nitrogens with one attached hydrogen (secondary N) is 1. The maximum atomic E-state index is 11.4. The van der Waals surface area contributed by atoms with Gasteiger partial charge in [0.15, 0.2) is 9.84 Å². The molecule has 1 aliphatic heterocycles. The summed E-state index contributed by atoms with van der Waals surface area (Å²) < 4.78 is 28.6. The molecule has 1 saturated heterocycles. The fraction of sp³-hybridized carbons (Fsp3) is 0.600. The van der Waals surface area contributed by atoms with Gasteiger partial charge in [0.2, 0.25) is 0 Å². The first-order chi connectivity index (χ1) is 9.65. The second-order valence-corrected chi connectivity index (χ2v) is 9.15. The fourth-order valence-electron chi connectivity index (χ4n) is 2.15. The summed E-state index contributed by atoms with van der Waals surface area (Å²) in [7, 11) is -2.94. The van der Waals surface area contributed by atoms with Crippen LogP contribution in [0.25, 0.3) is 0 Å². The van der Waals surface area contributed by atoms with Crippen molar-refractivity contribution in [3.63, 3.8) is 0 Å². The van der Waals surface area contributed by atoms with E-state index in [0.717, 1.165) is 12.1 Å². The predicted molar refractivity (Wildman–Crippen MR) is 85.7 cm³/mol. The van der Waals surface area contributed by atoms with Gasteiger partial charge >= 0.3 is 0 Å². The van der Waals surface area contributed by atoms with Gasteiger partial charge in [-0.2, -0.15) is 0 Å². The van der Waals surface area contributed by atoms with Crippen molar-refractivity contribution < 1.29 is 13.2 Å². The minimum atomic E-state index is -2.94. The summed E-state index contributed by atoms with van der Waals surface area (Å²) in [4.78, 5) is 0. The van der Waals surface area contributed by atoms with Crippen molar-refractivity contribution in [2.45, 2.75) is 45.4 Å². The number of ether oxygens (including phenoxy) is 1. The Hall–Kier alpha value is -0.780. The van der Waals surface area contributed by atoms with Crippen LogP contribution in [-0.2, 0) is 16.4 Å². The van der Waals surface area contributed by atoms with Gasteiger partial charge in [-0.25, -0.2) is 8.42 Å². The third kappa shape index (κ3) is 5.16. The Bertz CT molecular complexity index is 608. The van der Waals surface area contributed by atoms with Crippen LogP contribution in [0.3, 0.4) is 0 Å². The highest BCUT2D eigenvalue weighted by Crippen LogP contribution is 2.28. The zero-order chi connectivity index (χ0) is 15.7. The Labute approximate surface area is 131 Å². The lowest BCUT2D eigenvalue weighted by Gasteiger charge is -2.21. The highest BCUT2D eigenvalue weighted by atomic mass is 35.5. The van der Waals surface area contributed by atoms with Gasteiger partial charge in [0.1, 0.15) is 11.9 Å². The van der Waals surface area contributed by atoms with Crippen molar-refractivity contribution >= 4 is 21.4 Å². The predicted octanol–water partition coefficient (Wildman–Crippen LogP) is 2.79. The summed E-state index contributed by atoms with van der Waals surface area (Å²) in [6.45, 7) is 7.03. The van der Waals surface area contributed by atoms with E-state index in [1.807, 2.05) is 18.2 Å². The molecule has 118 valence electrons. The lowest BCUT2D eigenvalue weighted by molar-refractivity contribution is 0.229. The minimum Gasteiger partial charge on any atom is -0.488 e. The molecule has 1 aromatic rings. The zero-order valence-corrected chi connectivity index (χ0v) is 14.2. The van der Waals surface area contributed by atoms with Crippen LogP contribution in [0.4, 0.5) is 0 Å². The van der Waals surface area contributed by atoms with Crippen LogP contribution in [0.2, 0.25) is 5.02 Å². The van der Waals surface area contributed by atoms with Crippen molar-refractivity contribution in [2.24, 2.45) is 0 Å². The summed E-state index contributed by atoms with van der Waals surface area (Å²) >= 11 is 6.23. The second kappa shape index (κ2) is 6.15. The lowest BCUT2D eigenvalue weighted by atomic mass is 10.1. The molecule has 0 aromatic heterocycles. The van der Waals surface area contributed by atoms with Crippen LogP contribution in [-0.4, -0.2) is 31.6 Å². The first-order valence-electron chi connectivity index (χ1n) is 7.05. The molecule has 1 heterocycles. The SMILES string of the molecule is CC(C)(C)NCc1ccc(OC2CCS(=O)(=O)C2)c(Cl)c1. The van der Waals surface area contributed by atoms with Crippen molar-refractivity contribution in [3.05, 3.63) is 28.8 Å². The molecule has 21 heavy (non-hydrogen) atoms. The van der Waals surface area contributed by atoms with Crippen LogP contribution in [0.5, 0.6) is 5.75 Å². The lowest BCUT2D eigenvalue weighted by Crippen LogP contribution is -2.35. The van der Waals surface area contributed by atoms with Gasteiger partial charge < -0.3 is 10.1 Å². The average molecular weight is 332 g/mol. The third-order valence-electron chi connectivity index (χ3n) is 3.30. The maximum Gasteiger partial charge on any atom is 0.154 e. The van der Waals surface area contributed by atoms with E-state index in [1.165, 1.54) is 0 Å². The molecule has 4 nitrogen and oxygen atoms in total. The first kappa shape index (κ1) is 16.6. The standard InChI is InChI=1S/C15H22ClNO3S/c1-15(2,3)17-9-11-4-5-14(13(16)8-11)20-12-6-7-21(18,19)10-12/h4-5,8,12,17H,6-7,9-10H2,1-3H3. The number of sulfone groups is 1. The van der Waals surface area contributed by atoms with Crippen LogP contribution < -0.4 is 10.1 Å². The van der Waals surface area contributed by atoms with E-state index >= 15 is 0 Å². The second-order valence-electron chi connectivity index (χ2n) is 6.51. The molecule has 0 spiro atoms. The number of benzene rings is 1. The molecule has 1 unspecified atom stereocenters. The van der Waals surface area contributed by atoms with Gasteiger partial charge in [-0.3, -0.25) is 0 Å². The highest BCUT2D eigenvalue weighted by Gasteiger charge is 2.29. The summed E-state index contributed by atoms with van der Waals surface area (Å²) in [5, 5.41) is 3.91. The summed E-state index contributed by atoms with van der Waals surface area (Å²) in [6, 6.07) is 5.62. The van der Waals surface area contributed by atoms with Gasteiger partial charge in [0.25, 0.3) is 0 Å². The number of halogens is 1. The molecule has 1 N–H and O–H groups in total. The van der Waals surface area contributed by atoms with E-state index in [4.69, 9.17) is 16.3 Å². The number of rotatable bonds is 4. The normalized spacial score (nSPS) is 21.4. The van der Waals surface area contributed by atoms with Gasteiger partial charge in [-0.1, -0.05) is 17.7 Å². The minimum absolute atomic E-state index is 0.0415. The smallest absolute Gasteiger partial charge is 0.154 e. The molecule has 0 amide bonds.